The zero-order valence-electron chi connectivity index (χ0n) is 8.79. The molecule has 1 N–H and O–H groups in total. The summed E-state index contributed by atoms with van der Waals surface area (Å²) in [5.74, 6) is 2.15. The summed E-state index contributed by atoms with van der Waals surface area (Å²) in [6.45, 7) is 9.11. The first-order valence-corrected chi connectivity index (χ1v) is 4.77. The van der Waals surface area contributed by atoms with Gasteiger partial charge in [0.25, 0.3) is 0 Å². The van der Waals surface area contributed by atoms with Gasteiger partial charge < -0.3 is 9.73 Å². The summed E-state index contributed by atoms with van der Waals surface area (Å²) in [5, 5.41) is 3.26. The average molecular weight is 182 g/mol. The highest BCUT2D eigenvalue weighted by molar-refractivity contribution is 4.98. The van der Waals surface area contributed by atoms with Gasteiger partial charge in [0.15, 0.2) is 0 Å². The lowest BCUT2D eigenvalue weighted by atomic mass is 10.2. The van der Waals surface area contributed by atoms with Gasteiger partial charge in [-0.2, -0.15) is 0 Å². The Morgan fingerprint density at radius 1 is 1.38 bits per heavy atom. The fourth-order valence-electron chi connectivity index (χ4n) is 0.964. The Balaban J connectivity index is 2.49. The van der Waals surface area contributed by atoms with Crippen LogP contribution in [0.3, 0.4) is 0 Å². The van der Waals surface area contributed by atoms with Gasteiger partial charge in [0.2, 0.25) is 5.89 Å². The van der Waals surface area contributed by atoms with Crippen molar-refractivity contribution in [3.8, 4) is 0 Å². The normalized spacial score (nSPS) is 11.5. The lowest BCUT2D eigenvalue weighted by Gasteiger charge is -2.04. The summed E-state index contributed by atoms with van der Waals surface area (Å²) in [7, 11) is 0. The summed E-state index contributed by atoms with van der Waals surface area (Å²) < 4.78 is 5.52. The molecule has 0 radical (unpaired) electrons. The van der Waals surface area contributed by atoms with E-state index in [0.29, 0.717) is 18.5 Å². The Kier molecular flexibility index (Phi) is 3.48. The van der Waals surface area contributed by atoms with Gasteiger partial charge in [0, 0.05) is 12.0 Å². The minimum absolute atomic E-state index is 0.417. The quantitative estimate of drug-likeness (QED) is 0.776. The fourth-order valence-corrected chi connectivity index (χ4v) is 0.964. The smallest absolute Gasteiger partial charge is 0.208 e. The Labute approximate surface area is 79.5 Å². The second-order valence-electron chi connectivity index (χ2n) is 3.85. The predicted molar refractivity (Wildman–Crippen MR) is 52.6 cm³/mol. The number of hydrogen-bond donors (Lipinski definition) is 1. The topological polar surface area (TPSA) is 38.1 Å². The number of aromatic nitrogens is 1. The lowest BCUT2D eigenvalue weighted by molar-refractivity contribution is 0.413. The zero-order chi connectivity index (χ0) is 9.84. The van der Waals surface area contributed by atoms with Crippen LogP contribution in [-0.4, -0.2) is 11.0 Å². The van der Waals surface area contributed by atoms with Gasteiger partial charge in [-0.1, -0.05) is 27.7 Å². The second kappa shape index (κ2) is 4.42. The molecule has 0 unspecified atom stereocenters. The van der Waals surface area contributed by atoms with Crippen LogP contribution in [0, 0.1) is 0 Å². The monoisotopic (exact) mass is 182 g/mol. The van der Waals surface area contributed by atoms with Crippen molar-refractivity contribution < 1.29 is 4.42 Å². The van der Waals surface area contributed by atoms with Crippen molar-refractivity contribution in [2.45, 2.75) is 46.2 Å². The van der Waals surface area contributed by atoms with Crippen LogP contribution in [0.5, 0.6) is 0 Å². The average Bonchev–Trinajstić information content (AvgIpc) is 2.48. The number of rotatable bonds is 4. The summed E-state index contributed by atoms with van der Waals surface area (Å²) >= 11 is 0. The molecule has 0 aliphatic rings. The fraction of sp³-hybridized carbons (Fsp3) is 0.700. The van der Waals surface area contributed by atoms with E-state index in [1.54, 1.807) is 0 Å². The molecule has 0 saturated heterocycles. The third-order valence-electron chi connectivity index (χ3n) is 1.80. The van der Waals surface area contributed by atoms with Crippen molar-refractivity contribution in [2.75, 3.05) is 0 Å². The maximum absolute atomic E-state index is 5.52. The molecule has 0 fully saturated rings. The van der Waals surface area contributed by atoms with Gasteiger partial charge in [-0.15, -0.1) is 0 Å². The van der Waals surface area contributed by atoms with Gasteiger partial charge in [-0.05, 0) is 0 Å². The number of nitrogens with one attached hydrogen (secondary N) is 1. The van der Waals surface area contributed by atoms with Crippen LogP contribution in [0.1, 0.15) is 45.3 Å². The Morgan fingerprint density at radius 2 is 2.08 bits per heavy atom. The van der Waals surface area contributed by atoms with Crippen molar-refractivity contribution in [3.63, 3.8) is 0 Å². The first-order valence-electron chi connectivity index (χ1n) is 4.77. The van der Waals surface area contributed by atoms with E-state index in [9.17, 15) is 0 Å². The number of oxazole rings is 1. The minimum Gasteiger partial charge on any atom is -0.444 e. The lowest BCUT2D eigenvalue weighted by Crippen LogP contribution is -2.21. The molecular weight excluding hydrogens is 164 g/mol. The highest BCUT2D eigenvalue weighted by atomic mass is 16.4. The summed E-state index contributed by atoms with van der Waals surface area (Å²) in [6, 6.07) is 0.467. The molecule has 0 aliphatic heterocycles. The van der Waals surface area contributed by atoms with E-state index in [-0.39, 0.29) is 0 Å². The minimum atomic E-state index is 0.417. The van der Waals surface area contributed by atoms with Crippen LogP contribution in [0.15, 0.2) is 10.6 Å². The van der Waals surface area contributed by atoms with Gasteiger partial charge in [-0.25, -0.2) is 4.98 Å². The highest BCUT2D eigenvalue weighted by Gasteiger charge is 2.06. The molecule has 74 valence electrons. The first-order chi connectivity index (χ1) is 6.09. The van der Waals surface area contributed by atoms with Crippen LogP contribution < -0.4 is 5.32 Å². The molecule has 0 spiro atoms. The zero-order valence-corrected chi connectivity index (χ0v) is 8.79. The van der Waals surface area contributed by atoms with E-state index in [1.807, 2.05) is 6.20 Å². The van der Waals surface area contributed by atoms with E-state index in [4.69, 9.17) is 4.42 Å². The Morgan fingerprint density at radius 3 is 2.54 bits per heavy atom. The van der Waals surface area contributed by atoms with E-state index >= 15 is 0 Å². The van der Waals surface area contributed by atoms with Crippen molar-refractivity contribution in [1.29, 1.82) is 0 Å². The van der Waals surface area contributed by atoms with Gasteiger partial charge >= 0.3 is 0 Å². The molecule has 13 heavy (non-hydrogen) atoms. The molecule has 1 aromatic heterocycles. The maximum atomic E-state index is 5.52. The molecule has 1 aromatic rings. The molecular formula is C10H18N2O. The first kappa shape index (κ1) is 10.3. The van der Waals surface area contributed by atoms with Gasteiger partial charge in [0.1, 0.15) is 5.76 Å². The highest BCUT2D eigenvalue weighted by Crippen LogP contribution is 2.14. The van der Waals surface area contributed by atoms with E-state index in [1.165, 1.54) is 0 Å². The van der Waals surface area contributed by atoms with Crippen LogP contribution in [0.25, 0.3) is 0 Å². The van der Waals surface area contributed by atoms with Crippen molar-refractivity contribution >= 4 is 0 Å². The molecule has 0 aromatic carbocycles. The van der Waals surface area contributed by atoms with E-state index < -0.39 is 0 Å². The van der Waals surface area contributed by atoms with Crippen LogP contribution in [0.4, 0.5) is 0 Å². The van der Waals surface area contributed by atoms with Gasteiger partial charge in [-0.3, -0.25) is 0 Å². The SMILES string of the molecule is CC(C)NCc1ncc(C(C)C)o1. The van der Waals surface area contributed by atoms with Crippen LogP contribution in [0.2, 0.25) is 0 Å². The molecule has 3 nitrogen and oxygen atoms in total. The van der Waals surface area contributed by atoms with Crippen molar-refractivity contribution in [1.82, 2.24) is 10.3 Å². The van der Waals surface area contributed by atoms with Crippen LogP contribution >= 0.6 is 0 Å². The molecule has 0 bridgehead atoms. The molecule has 1 heterocycles. The number of hydrogen-bond acceptors (Lipinski definition) is 3. The molecule has 0 atom stereocenters. The summed E-state index contributed by atoms with van der Waals surface area (Å²) in [6.07, 6.45) is 1.81. The second-order valence-corrected chi connectivity index (χ2v) is 3.85. The molecule has 1 rings (SSSR count). The van der Waals surface area contributed by atoms with Crippen molar-refractivity contribution in [2.24, 2.45) is 0 Å². The van der Waals surface area contributed by atoms with Crippen LogP contribution in [-0.2, 0) is 6.54 Å². The Hall–Kier alpha value is -0.830. The predicted octanol–water partition coefficient (Wildman–Crippen LogP) is 2.30. The largest absolute Gasteiger partial charge is 0.444 e. The Bertz CT molecular complexity index is 253. The van der Waals surface area contributed by atoms with E-state index in [2.05, 4.69) is 38.0 Å². The number of nitrogens with zero attached hydrogens (tertiary/aromatic N) is 1. The molecule has 0 aliphatic carbocycles. The summed E-state index contributed by atoms with van der Waals surface area (Å²) in [4.78, 5) is 4.18. The maximum Gasteiger partial charge on any atom is 0.208 e. The third-order valence-corrected chi connectivity index (χ3v) is 1.80. The van der Waals surface area contributed by atoms with Gasteiger partial charge in [0.05, 0.1) is 12.7 Å². The molecule has 3 heteroatoms. The van der Waals surface area contributed by atoms with E-state index in [0.717, 1.165) is 11.7 Å². The molecule has 0 saturated carbocycles. The standard InChI is InChI=1S/C10H18N2O/c1-7(2)9-5-12-10(13-9)6-11-8(3)4/h5,7-8,11H,6H2,1-4H3. The molecule has 0 amide bonds. The third kappa shape index (κ3) is 3.19. The van der Waals surface area contributed by atoms with Crippen molar-refractivity contribution in [3.05, 3.63) is 17.8 Å². The summed E-state index contributed by atoms with van der Waals surface area (Å²) in [5.41, 5.74) is 0.